The molecule has 96 valence electrons. The lowest BCUT2D eigenvalue weighted by atomic mass is 9.99. The average Bonchev–Trinajstić information content (AvgIpc) is 3.02. The van der Waals surface area contributed by atoms with Gasteiger partial charge >= 0.3 is 0 Å². The van der Waals surface area contributed by atoms with Gasteiger partial charge in [-0.05, 0) is 40.9 Å². The molecule has 1 unspecified atom stereocenters. The predicted molar refractivity (Wildman–Crippen MR) is 72.8 cm³/mol. The van der Waals surface area contributed by atoms with Gasteiger partial charge in [-0.1, -0.05) is 6.92 Å². The SMILES string of the molecule is CCCC(=O)NCC(c1ccsc1)c1ccco1. The quantitative estimate of drug-likeness (QED) is 0.868. The van der Waals surface area contributed by atoms with Crippen LogP contribution in [0.2, 0.25) is 0 Å². The third-order valence-corrected chi connectivity index (χ3v) is 3.51. The first-order chi connectivity index (χ1) is 8.81. The van der Waals surface area contributed by atoms with E-state index in [-0.39, 0.29) is 11.8 Å². The van der Waals surface area contributed by atoms with Gasteiger partial charge in [-0.2, -0.15) is 11.3 Å². The molecule has 3 nitrogen and oxygen atoms in total. The average molecular weight is 263 g/mol. The molecule has 2 aromatic heterocycles. The molecule has 0 saturated heterocycles. The Bertz CT molecular complexity index is 428. The van der Waals surface area contributed by atoms with Crippen molar-refractivity contribution in [3.8, 4) is 0 Å². The van der Waals surface area contributed by atoms with Crippen molar-refractivity contribution in [1.82, 2.24) is 5.32 Å². The number of rotatable bonds is 6. The summed E-state index contributed by atoms with van der Waals surface area (Å²) in [5, 5.41) is 7.10. The van der Waals surface area contributed by atoms with Crippen LogP contribution in [0.4, 0.5) is 0 Å². The topological polar surface area (TPSA) is 42.2 Å². The Morgan fingerprint density at radius 1 is 1.50 bits per heavy atom. The summed E-state index contributed by atoms with van der Waals surface area (Å²) in [6.45, 7) is 2.59. The molecule has 1 N–H and O–H groups in total. The van der Waals surface area contributed by atoms with Crippen molar-refractivity contribution in [2.75, 3.05) is 6.54 Å². The van der Waals surface area contributed by atoms with Crippen LogP contribution in [0.15, 0.2) is 39.6 Å². The number of hydrogen-bond donors (Lipinski definition) is 1. The van der Waals surface area contributed by atoms with E-state index in [4.69, 9.17) is 4.42 Å². The van der Waals surface area contributed by atoms with E-state index in [0.29, 0.717) is 13.0 Å². The van der Waals surface area contributed by atoms with Crippen molar-refractivity contribution in [2.45, 2.75) is 25.7 Å². The van der Waals surface area contributed by atoms with Crippen molar-refractivity contribution < 1.29 is 9.21 Å². The van der Waals surface area contributed by atoms with Gasteiger partial charge in [0.2, 0.25) is 5.91 Å². The minimum absolute atomic E-state index is 0.101. The molecule has 0 radical (unpaired) electrons. The molecule has 0 fully saturated rings. The Labute approximate surface area is 111 Å². The molecule has 2 rings (SSSR count). The van der Waals surface area contributed by atoms with Crippen molar-refractivity contribution in [3.63, 3.8) is 0 Å². The van der Waals surface area contributed by atoms with Crippen LogP contribution in [-0.4, -0.2) is 12.5 Å². The van der Waals surface area contributed by atoms with Crippen LogP contribution in [0.5, 0.6) is 0 Å². The molecule has 1 atom stereocenters. The zero-order chi connectivity index (χ0) is 12.8. The fraction of sp³-hybridized carbons (Fsp3) is 0.357. The largest absolute Gasteiger partial charge is 0.469 e. The second kappa shape index (κ2) is 6.40. The van der Waals surface area contributed by atoms with Gasteiger partial charge in [0.05, 0.1) is 12.2 Å². The molecule has 2 heterocycles. The number of amides is 1. The summed E-state index contributed by atoms with van der Waals surface area (Å²) in [4.78, 5) is 11.5. The summed E-state index contributed by atoms with van der Waals surface area (Å²) < 4.78 is 5.47. The summed E-state index contributed by atoms with van der Waals surface area (Å²) in [6.07, 6.45) is 3.12. The minimum Gasteiger partial charge on any atom is -0.469 e. The smallest absolute Gasteiger partial charge is 0.220 e. The van der Waals surface area contributed by atoms with Gasteiger partial charge < -0.3 is 9.73 Å². The van der Waals surface area contributed by atoms with Gasteiger partial charge in [0.25, 0.3) is 0 Å². The monoisotopic (exact) mass is 263 g/mol. The van der Waals surface area contributed by atoms with E-state index >= 15 is 0 Å². The van der Waals surface area contributed by atoms with Crippen molar-refractivity contribution in [2.24, 2.45) is 0 Å². The highest BCUT2D eigenvalue weighted by molar-refractivity contribution is 7.08. The maximum Gasteiger partial charge on any atom is 0.220 e. The number of hydrogen-bond acceptors (Lipinski definition) is 3. The van der Waals surface area contributed by atoms with E-state index in [1.807, 2.05) is 24.4 Å². The highest BCUT2D eigenvalue weighted by atomic mass is 32.1. The normalized spacial score (nSPS) is 12.3. The molecule has 4 heteroatoms. The molecule has 18 heavy (non-hydrogen) atoms. The van der Waals surface area contributed by atoms with Crippen LogP contribution >= 0.6 is 11.3 Å². The Hall–Kier alpha value is -1.55. The van der Waals surface area contributed by atoms with Crippen LogP contribution in [0, 0.1) is 0 Å². The molecule has 0 bridgehead atoms. The van der Waals surface area contributed by atoms with E-state index in [1.165, 1.54) is 5.56 Å². The van der Waals surface area contributed by atoms with Gasteiger partial charge in [0, 0.05) is 13.0 Å². The van der Waals surface area contributed by atoms with Gasteiger partial charge in [-0.25, -0.2) is 0 Å². The predicted octanol–water partition coefficient (Wildman–Crippen LogP) is 3.39. The van der Waals surface area contributed by atoms with E-state index in [9.17, 15) is 4.79 Å². The Morgan fingerprint density at radius 2 is 2.39 bits per heavy atom. The highest BCUT2D eigenvalue weighted by Gasteiger charge is 2.18. The van der Waals surface area contributed by atoms with E-state index < -0.39 is 0 Å². The third-order valence-electron chi connectivity index (χ3n) is 2.81. The summed E-state index contributed by atoms with van der Waals surface area (Å²) in [5.41, 5.74) is 1.19. The van der Waals surface area contributed by atoms with Crippen LogP contribution in [0.25, 0.3) is 0 Å². The Kier molecular flexibility index (Phi) is 4.59. The van der Waals surface area contributed by atoms with E-state index in [1.54, 1.807) is 17.6 Å². The number of carbonyl (C=O) groups excluding carboxylic acids is 1. The van der Waals surface area contributed by atoms with Gasteiger partial charge in [0.15, 0.2) is 0 Å². The summed E-state index contributed by atoms with van der Waals surface area (Å²) in [7, 11) is 0. The zero-order valence-corrected chi connectivity index (χ0v) is 11.2. The van der Waals surface area contributed by atoms with Crippen molar-refractivity contribution >= 4 is 17.2 Å². The molecule has 1 amide bonds. The number of thiophene rings is 1. The Morgan fingerprint density at radius 3 is 3.00 bits per heavy atom. The molecular formula is C14H17NO2S. The number of nitrogens with one attached hydrogen (secondary N) is 1. The lowest BCUT2D eigenvalue weighted by Crippen LogP contribution is -2.28. The molecule has 0 aliphatic rings. The third kappa shape index (κ3) is 3.23. The first-order valence-corrected chi connectivity index (χ1v) is 7.07. The first-order valence-electron chi connectivity index (χ1n) is 6.13. The maximum atomic E-state index is 11.5. The maximum absolute atomic E-state index is 11.5. The fourth-order valence-corrected chi connectivity index (χ4v) is 2.59. The molecule has 0 aromatic carbocycles. The molecule has 0 aliphatic heterocycles. The summed E-state index contributed by atoms with van der Waals surface area (Å²) in [6, 6.07) is 5.90. The zero-order valence-electron chi connectivity index (χ0n) is 10.4. The van der Waals surface area contributed by atoms with Gasteiger partial charge in [-0.3, -0.25) is 4.79 Å². The molecular weight excluding hydrogens is 246 g/mol. The van der Waals surface area contributed by atoms with Crippen LogP contribution in [0.3, 0.4) is 0 Å². The van der Waals surface area contributed by atoms with Crippen molar-refractivity contribution in [3.05, 3.63) is 46.5 Å². The van der Waals surface area contributed by atoms with Crippen LogP contribution < -0.4 is 5.32 Å². The fourth-order valence-electron chi connectivity index (χ4n) is 1.88. The van der Waals surface area contributed by atoms with Crippen molar-refractivity contribution in [1.29, 1.82) is 0 Å². The number of furan rings is 1. The second-order valence-electron chi connectivity index (χ2n) is 4.18. The molecule has 0 spiro atoms. The second-order valence-corrected chi connectivity index (χ2v) is 4.96. The standard InChI is InChI=1S/C14H17NO2S/c1-2-4-14(16)15-9-12(11-6-8-18-10-11)13-5-3-7-17-13/h3,5-8,10,12H,2,4,9H2,1H3,(H,15,16). The molecule has 0 aliphatic carbocycles. The molecule has 2 aromatic rings. The lowest BCUT2D eigenvalue weighted by molar-refractivity contribution is -0.121. The molecule has 0 saturated carbocycles. The number of carbonyl (C=O) groups is 1. The Balaban J connectivity index is 2.05. The first kappa shape index (κ1) is 12.9. The van der Waals surface area contributed by atoms with E-state index in [0.717, 1.165) is 12.2 Å². The lowest BCUT2D eigenvalue weighted by Gasteiger charge is -2.14. The van der Waals surface area contributed by atoms with Crippen LogP contribution in [-0.2, 0) is 4.79 Å². The summed E-state index contributed by atoms with van der Waals surface area (Å²) in [5.74, 6) is 1.10. The van der Waals surface area contributed by atoms with Crippen LogP contribution in [0.1, 0.15) is 37.0 Å². The minimum atomic E-state index is 0.101. The van der Waals surface area contributed by atoms with E-state index in [2.05, 4.69) is 16.8 Å². The summed E-state index contributed by atoms with van der Waals surface area (Å²) >= 11 is 1.66. The van der Waals surface area contributed by atoms with Gasteiger partial charge in [-0.15, -0.1) is 0 Å². The van der Waals surface area contributed by atoms with Gasteiger partial charge in [0.1, 0.15) is 5.76 Å². The highest BCUT2D eigenvalue weighted by Crippen LogP contribution is 2.26.